The molecular weight excluding hydrogens is 256 g/mol. The summed E-state index contributed by atoms with van der Waals surface area (Å²) in [6.07, 6.45) is 0. The molecule has 20 heavy (non-hydrogen) atoms. The Hall–Kier alpha value is -1.78. The fraction of sp³-hybridized carbons (Fsp3) is 0.375. The second-order valence-electron chi connectivity index (χ2n) is 4.12. The minimum absolute atomic E-state index is 0.232. The van der Waals surface area contributed by atoms with Crippen molar-refractivity contribution in [2.45, 2.75) is 13.8 Å². The van der Waals surface area contributed by atoms with Crippen LogP contribution in [0.1, 0.15) is 13.8 Å². The minimum Gasteiger partial charge on any atom is -0.467 e. The van der Waals surface area contributed by atoms with Crippen LogP contribution in [-0.4, -0.2) is 26.8 Å². The van der Waals surface area contributed by atoms with Crippen LogP contribution in [0, 0.1) is 0 Å². The largest absolute Gasteiger partial charge is 0.467 e. The summed E-state index contributed by atoms with van der Waals surface area (Å²) in [7, 11) is 0. The molecule has 0 aliphatic rings. The summed E-state index contributed by atoms with van der Waals surface area (Å²) in [6, 6.07) is 11.8. The molecular formula is C16H20O4. The van der Waals surface area contributed by atoms with Crippen molar-refractivity contribution in [3.63, 3.8) is 0 Å². The van der Waals surface area contributed by atoms with Crippen LogP contribution in [0.25, 0.3) is 10.8 Å². The van der Waals surface area contributed by atoms with Crippen LogP contribution in [0.15, 0.2) is 36.4 Å². The van der Waals surface area contributed by atoms with Crippen molar-refractivity contribution in [2.75, 3.05) is 26.8 Å². The van der Waals surface area contributed by atoms with Gasteiger partial charge in [0.25, 0.3) is 0 Å². The van der Waals surface area contributed by atoms with Crippen molar-refractivity contribution in [3.05, 3.63) is 36.4 Å². The van der Waals surface area contributed by atoms with Gasteiger partial charge in [0.2, 0.25) is 0 Å². The highest BCUT2D eigenvalue weighted by Gasteiger charge is 2.08. The van der Waals surface area contributed by atoms with E-state index in [9.17, 15) is 0 Å². The first-order chi connectivity index (χ1) is 9.86. The molecule has 0 saturated carbocycles. The first kappa shape index (κ1) is 14.6. The number of hydrogen-bond acceptors (Lipinski definition) is 4. The number of fused-ring (bicyclic) bond motifs is 1. The van der Waals surface area contributed by atoms with Gasteiger partial charge in [0.05, 0.1) is 5.39 Å². The smallest absolute Gasteiger partial charge is 0.189 e. The Morgan fingerprint density at radius 3 is 1.70 bits per heavy atom. The zero-order valence-electron chi connectivity index (χ0n) is 11.9. The normalized spacial score (nSPS) is 10.7. The third-order valence-electron chi connectivity index (χ3n) is 2.83. The van der Waals surface area contributed by atoms with Crippen LogP contribution in [-0.2, 0) is 9.47 Å². The van der Waals surface area contributed by atoms with Crippen molar-refractivity contribution in [1.29, 1.82) is 0 Å². The number of ether oxygens (including phenoxy) is 4. The SMILES string of the molecule is CCOCOc1cccc2cccc(OCOCC)c12. The molecule has 0 aromatic heterocycles. The van der Waals surface area contributed by atoms with Gasteiger partial charge in [0, 0.05) is 13.2 Å². The highest BCUT2D eigenvalue weighted by atomic mass is 16.7. The van der Waals surface area contributed by atoms with Crippen LogP contribution >= 0.6 is 0 Å². The van der Waals surface area contributed by atoms with E-state index in [-0.39, 0.29) is 13.6 Å². The Morgan fingerprint density at radius 2 is 1.25 bits per heavy atom. The molecule has 0 bridgehead atoms. The lowest BCUT2D eigenvalue weighted by Crippen LogP contribution is -2.05. The van der Waals surface area contributed by atoms with Crippen LogP contribution in [0.2, 0.25) is 0 Å². The average molecular weight is 276 g/mol. The van der Waals surface area contributed by atoms with E-state index in [1.807, 2.05) is 50.2 Å². The Morgan fingerprint density at radius 1 is 0.750 bits per heavy atom. The topological polar surface area (TPSA) is 36.9 Å². The number of benzene rings is 2. The van der Waals surface area contributed by atoms with Crippen LogP contribution in [0.3, 0.4) is 0 Å². The predicted molar refractivity (Wildman–Crippen MR) is 78.2 cm³/mol. The van der Waals surface area contributed by atoms with Gasteiger partial charge in [-0.1, -0.05) is 24.3 Å². The Kier molecular flexibility index (Phi) is 5.65. The molecule has 0 saturated heterocycles. The Bertz CT molecular complexity index is 494. The summed E-state index contributed by atoms with van der Waals surface area (Å²) < 4.78 is 21.8. The lowest BCUT2D eigenvalue weighted by molar-refractivity contribution is 0.0203. The van der Waals surface area contributed by atoms with Gasteiger partial charge in [-0.15, -0.1) is 0 Å². The van der Waals surface area contributed by atoms with Gasteiger partial charge in [0.1, 0.15) is 11.5 Å². The highest BCUT2D eigenvalue weighted by Crippen LogP contribution is 2.34. The van der Waals surface area contributed by atoms with E-state index in [1.54, 1.807) is 0 Å². The van der Waals surface area contributed by atoms with Crippen LogP contribution < -0.4 is 9.47 Å². The van der Waals surface area contributed by atoms with Crippen molar-refractivity contribution in [3.8, 4) is 11.5 Å². The first-order valence-electron chi connectivity index (χ1n) is 6.79. The van der Waals surface area contributed by atoms with Gasteiger partial charge in [-0.3, -0.25) is 0 Å². The average Bonchev–Trinajstić information content (AvgIpc) is 2.48. The maximum absolute atomic E-state index is 5.66. The van der Waals surface area contributed by atoms with E-state index in [4.69, 9.17) is 18.9 Å². The quantitative estimate of drug-likeness (QED) is 0.545. The molecule has 0 spiro atoms. The van der Waals surface area contributed by atoms with Crippen LogP contribution in [0.5, 0.6) is 11.5 Å². The van der Waals surface area contributed by atoms with Gasteiger partial charge >= 0.3 is 0 Å². The first-order valence-corrected chi connectivity index (χ1v) is 6.79. The van der Waals surface area contributed by atoms with E-state index >= 15 is 0 Å². The standard InChI is InChI=1S/C16H20O4/c1-3-17-11-19-14-9-5-7-13-8-6-10-15(16(13)14)20-12-18-4-2/h5-10H,3-4,11-12H2,1-2H3. The van der Waals surface area contributed by atoms with E-state index in [0.717, 1.165) is 22.3 Å². The zero-order chi connectivity index (χ0) is 14.2. The Balaban J connectivity index is 2.26. The molecule has 0 fully saturated rings. The summed E-state index contributed by atoms with van der Waals surface area (Å²) in [4.78, 5) is 0. The Labute approximate surface area is 119 Å². The third kappa shape index (κ3) is 3.62. The van der Waals surface area contributed by atoms with Crippen molar-refractivity contribution >= 4 is 10.8 Å². The van der Waals surface area contributed by atoms with Gasteiger partial charge in [0.15, 0.2) is 13.6 Å². The maximum atomic E-state index is 5.66. The fourth-order valence-electron chi connectivity index (χ4n) is 1.89. The molecule has 0 aliphatic heterocycles. The van der Waals surface area contributed by atoms with Crippen molar-refractivity contribution < 1.29 is 18.9 Å². The summed E-state index contributed by atoms with van der Waals surface area (Å²) in [5, 5.41) is 2.00. The summed E-state index contributed by atoms with van der Waals surface area (Å²) in [5.41, 5.74) is 0. The van der Waals surface area contributed by atoms with Crippen LogP contribution in [0.4, 0.5) is 0 Å². The molecule has 2 aromatic carbocycles. The molecule has 4 nitrogen and oxygen atoms in total. The molecule has 2 aromatic rings. The van der Waals surface area contributed by atoms with E-state index in [2.05, 4.69) is 0 Å². The number of hydrogen-bond donors (Lipinski definition) is 0. The number of rotatable bonds is 8. The minimum atomic E-state index is 0.232. The van der Waals surface area contributed by atoms with Gasteiger partial charge < -0.3 is 18.9 Å². The van der Waals surface area contributed by atoms with Gasteiger partial charge in [-0.25, -0.2) is 0 Å². The molecule has 0 amide bonds. The fourth-order valence-corrected chi connectivity index (χ4v) is 1.89. The molecule has 0 radical (unpaired) electrons. The molecule has 4 heteroatoms. The summed E-state index contributed by atoms with van der Waals surface area (Å²) in [6.45, 7) is 5.58. The second-order valence-corrected chi connectivity index (χ2v) is 4.12. The molecule has 0 aliphatic carbocycles. The molecule has 0 heterocycles. The molecule has 0 N–H and O–H groups in total. The third-order valence-corrected chi connectivity index (χ3v) is 2.83. The van der Waals surface area contributed by atoms with Crippen molar-refractivity contribution in [1.82, 2.24) is 0 Å². The lowest BCUT2D eigenvalue weighted by Gasteiger charge is -2.13. The van der Waals surface area contributed by atoms with Crippen molar-refractivity contribution in [2.24, 2.45) is 0 Å². The monoisotopic (exact) mass is 276 g/mol. The summed E-state index contributed by atoms with van der Waals surface area (Å²) in [5.74, 6) is 1.51. The molecule has 0 atom stereocenters. The van der Waals surface area contributed by atoms with Gasteiger partial charge in [-0.2, -0.15) is 0 Å². The molecule has 108 valence electrons. The predicted octanol–water partition coefficient (Wildman–Crippen LogP) is 3.59. The lowest BCUT2D eigenvalue weighted by atomic mass is 10.1. The molecule has 2 rings (SSSR count). The second kappa shape index (κ2) is 7.72. The molecule has 0 unspecified atom stereocenters. The highest BCUT2D eigenvalue weighted by molar-refractivity contribution is 5.93. The maximum Gasteiger partial charge on any atom is 0.189 e. The van der Waals surface area contributed by atoms with E-state index in [0.29, 0.717) is 13.2 Å². The van der Waals surface area contributed by atoms with E-state index < -0.39 is 0 Å². The zero-order valence-corrected chi connectivity index (χ0v) is 11.9. The van der Waals surface area contributed by atoms with E-state index in [1.165, 1.54) is 0 Å². The van der Waals surface area contributed by atoms with Gasteiger partial charge in [-0.05, 0) is 31.4 Å². The summed E-state index contributed by atoms with van der Waals surface area (Å²) >= 11 is 0.